The molecule has 0 fully saturated rings. The zero-order chi connectivity index (χ0) is 16.2. The maximum Gasteiger partial charge on any atom is 0.228 e. The summed E-state index contributed by atoms with van der Waals surface area (Å²) in [5.41, 5.74) is 2.74. The molecule has 0 aliphatic carbocycles. The molecular weight excluding hydrogens is 274 g/mol. The molecule has 1 N–H and O–H groups in total. The number of nitrogens with one attached hydrogen (secondary N) is 1. The largest absolute Gasteiger partial charge is 0.488 e. The molecule has 0 aromatic heterocycles. The molecule has 0 bridgehead atoms. The molecule has 0 saturated heterocycles. The first kappa shape index (κ1) is 16.1. The predicted molar refractivity (Wildman–Crippen MR) is 90.3 cm³/mol. The Morgan fingerprint density at radius 2 is 1.59 bits per heavy atom. The molecule has 3 nitrogen and oxygen atoms in total. The van der Waals surface area contributed by atoms with E-state index >= 15 is 0 Å². The molecule has 0 heterocycles. The van der Waals surface area contributed by atoms with Crippen molar-refractivity contribution in [2.24, 2.45) is 0 Å². The van der Waals surface area contributed by atoms with Gasteiger partial charge in [0.05, 0.1) is 6.42 Å². The van der Waals surface area contributed by atoms with Crippen LogP contribution in [0.4, 0.5) is 5.69 Å². The molecule has 0 aliphatic rings. The number of aryl methyl sites for hydroxylation is 1. The standard InChI is InChI=1S/C19H23NO2/c1-14-5-9-16(10-6-14)20-18(21)13-15-7-11-17(12-8-15)22-19(2,3)4/h5-12H,13H2,1-4H3,(H,20,21). The van der Waals surface area contributed by atoms with Crippen LogP contribution in [0, 0.1) is 6.92 Å². The summed E-state index contributed by atoms with van der Waals surface area (Å²) in [7, 11) is 0. The Labute approximate surface area is 132 Å². The van der Waals surface area contributed by atoms with Gasteiger partial charge in [0.15, 0.2) is 0 Å². The molecule has 0 atom stereocenters. The minimum absolute atomic E-state index is 0.0201. The molecule has 22 heavy (non-hydrogen) atoms. The maximum atomic E-state index is 12.0. The van der Waals surface area contributed by atoms with Crippen LogP contribution in [0.1, 0.15) is 31.9 Å². The summed E-state index contributed by atoms with van der Waals surface area (Å²) in [4.78, 5) is 12.0. The lowest BCUT2D eigenvalue weighted by molar-refractivity contribution is -0.115. The van der Waals surface area contributed by atoms with Crippen LogP contribution >= 0.6 is 0 Å². The van der Waals surface area contributed by atoms with Gasteiger partial charge in [-0.1, -0.05) is 29.8 Å². The third-order valence-electron chi connectivity index (χ3n) is 3.05. The average molecular weight is 297 g/mol. The van der Waals surface area contributed by atoms with Crippen molar-refractivity contribution in [2.45, 2.75) is 39.7 Å². The van der Waals surface area contributed by atoms with Gasteiger partial charge >= 0.3 is 0 Å². The van der Waals surface area contributed by atoms with Crippen LogP contribution in [0.3, 0.4) is 0 Å². The summed E-state index contributed by atoms with van der Waals surface area (Å²) in [5.74, 6) is 0.795. The van der Waals surface area contributed by atoms with E-state index < -0.39 is 0 Å². The molecule has 2 aromatic rings. The first-order chi connectivity index (χ1) is 10.3. The summed E-state index contributed by atoms with van der Waals surface area (Å²) in [6, 6.07) is 15.4. The second-order valence-corrected chi connectivity index (χ2v) is 6.45. The van der Waals surface area contributed by atoms with E-state index in [0.29, 0.717) is 6.42 Å². The Kier molecular flexibility index (Phi) is 4.86. The van der Waals surface area contributed by atoms with E-state index in [4.69, 9.17) is 4.74 Å². The predicted octanol–water partition coefficient (Wildman–Crippen LogP) is 4.35. The van der Waals surface area contributed by atoms with Gasteiger partial charge in [-0.2, -0.15) is 0 Å². The SMILES string of the molecule is Cc1ccc(NC(=O)Cc2ccc(OC(C)(C)C)cc2)cc1. The third-order valence-corrected chi connectivity index (χ3v) is 3.05. The fourth-order valence-corrected chi connectivity index (χ4v) is 2.06. The minimum atomic E-state index is -0.218. The van der Waals surface area contributed by atoms with Gasteiger partial charge < -0.3 is 10.1 Å². The van der Waals surface area contributed by atoms with Gasteiger partial charge in [0, 0.05) is 5.69 Å². The van der Waals surface area contributed by atoms with Crippen molar-refractivity contribution in [1.82, 2.24) is 0 Å². The fourth-order valence-electron chi connectivity index (χ4n) is 2.06. The lowest BCUT2D eigenvalue weighted by Crippen LogP contribution is -2.22. The van der Waals surface area contributed by atoms with E-state index in [0.717, 1.165) is 17.0 Å². The van der Waals surface area contributed by atoms with E-state index in [1.807, 2.05) is 76.2 Å². The molecule has 2 aromatic carbocycles. The highest BCUT2D eigenvalue weighted by Crippen LogP contribution is 2.19. The van der Waals surface area contributed by atoms with Crippen LogP contribution in [0.5, 0.6) is 5.75 Å². The van der Waals surface area contributed by atoms with Gasteiger partial charge in [0.1, 0.15) is 11.4 Å². The van der Waals surface area contributed by atoms with Crippen LogP contribution in [-0.4, -0.2) is 11.5 Å². The highest BCUT2D eigenvalue weighted by molar-refractivity contribution is 5.92. The number of anilines is 1. The molecule has 0 unspecified atom stereocenters. The quantitative estimate of drug-likeness (QED) is 0.911. The first-order valence-electron chi connectivity index (χ1n) is 7.46. The molecule has 116 valence electrons. The van der Waals surface area contributed by atoms with E-state index in [2.05, 4.69) is 5.32 Å². The van der Waals surface area contributed by atoms with Gasteiger partial charge in [0.2, 0.25) is 5.91 Å². The smallest absolute Gasteiger partial charge is 0.228 e. The number of amides is 1. The molecule has 2 rings (SSSR count). The Bertz CT molecular complexity index is 622. The molecule has 0 saturated carbocycles. The Morgan fingerprint density at radius 1 is 1.00 bits per heavy atom. The highest BCUT2D eigenvalue weighted by Gasteiger charge is 2.11. The van der Waals surface area contributed by atoms with Gasteiger partial charge in [0.25, 0.3) is 0 Å². The number of hydrogen-bond acceptors (Lipinski definition) is 2. The summed E-state index contributed by atoms with van der Waals surface area (Å²) in [5, 5.41) is 2.90. The van der Waals surface area contributed by atoms with Crippen LogP contribution in [0.15, 0.2) is 48.5 Å². The average Bonchev–Trinajstić information content (AvgIpc) is 2.42. The number of carbonyl (C=O) groups excluding carboxylic acids is 1. The third kappa shape index (κ3) is 5.24. The van der Waals surface area contributed by atoms with Crippen molar-refractivity contribution in [2.75, 3.05) is 5.32 Å². The summed E-state index contributed by atoms with van der Waals surface area (Å²) in [6.07, 6.45) is 0.351. The van der Waals surface area contributed by atoms with Gasteiger partial charge in [-0.05, 0) is 57.5 Å². The van der Waals surface area contributed by atoms with Crippen LogP contribution in [-0.2, 0) is 11.2 Å². The van der Waals surface area contributed by atoms with E-state index in [1.54, 1.807) is 0 Å². The van der Waals surface area contributed by atoms with Crippen LogP contribution in [0.2, 0.25) is 0 Å². The van der Waals surface area contributed by atoms with Crippen molar-refractivity contribution >= 4 is 11.6 Å². The maximum absolute atomic E-state index is 12.0. The Morgan fingerprint density at radius 3 is 2.14 bits per heavy atom. The van der Waals surface area contributed by atoms with E-state index in [9.17, 15) is 4.79 Å². The minimum Gasteiger partial charge on any atom is -0.488 e. The lowest BCUT2D eigenvalue weighted by Gasteiger charge is -2.21. The number of benzene rings is 2. The molecule has 0 radical (unpaired) electrons. The summed E-state index contributed by atoms with van der Waals surface area (Å²) < 4.78 is 5.77. The monoisotopic (exact) mass is 297 g/mol. The number of ether oxygens (including phenoxy) is 1. The highest BCUT2D eigenvalue weighted by atomic mass is 16.5. The van der Waals surface area contributed by atoms with Crippen molar-refractivity contribution < 1.29 is 9.53 Å². The molecule has 0 aliphatic heterocycles. The summed E-state index contributed by atoms with van der Waals surface area (Å²) in [6.45, 7) is 8.05. The molecular formula is C19H23NO2. The van der Waals surface area contributed by atoms with Crippen molar-refractivity contribution in [3.05, 3.63) is 59.7 Å². The fraction of sp³-hybridized carbons (Fsp3) is 0.316. The van der Waals surface area contributed by atoms with E-state index in [-0.39, 0.29) is 11.5 Å². The second kappa shape index (κ2) is 6.65. The number of hydrogen-bond donors (Lipinski definition) is 1. The van der Waals surface area contributed by atoms with Crippen molar-refractivity contribution in [1.29, 1.82) is 0 Å². The second-order valence-electron chi connectivity index (χ2n) is 6.45. The number of rotatable bonds is 4. The summed E-state index contributed by atoms with van der Waals surface area (Å²) >= 11 is 0. The van der Waals surface area contributed by atoms with Crippen molar-refractivity contribution in [3.63, 3.8) is 0 Å². The Hall–Kier alpha value is -2.29. The Balaban J connectivity index is 1.93. The normalized spacial score (nSPS) is 11.1. The van der Waals surface area contributed by atoms with Gasteiger partial charge in [-0.15, -0.1) is 0 Å². The topological polar surface area (TPSA) is 38.3 Å². The lowest BCUT2D eigenvalue weighted by atomic mass is 10.1. The zero-order valence-corrected chi connectivity index (χ0v) is 13.6. The van der Waals surface area contributed by atoms with Crippen LogP contribution < -0.4 is 10.1 Å². The van der Waals surface area contributed by atoms with Crippen LogP contribution in [0.25, 0.3) is 0 Å². The molecule has 1 amide bonds. The first-order valence-corrected chi connectivity index (χ1v) is 7.46. The van der Waals surface area contributed by atoms with Gasteiger partial charge in [-0.25, -0.2) is 0 Å². The molecule has 3 heteroatoms. The van der Waals surface area contributed by atoms with Crippen molar-refractivity contribution in [3.8, 4) is 5.75 Å². The number of carbonyl (C=O) groups is 1. The van der Waals surface area contributed by atoms with E-state index in [1.165, 1.54) is 5.56 Å². The van der Waals surface area contributed by atoms with Gasteiger partial charge in [-0.3, -0.25) is 4.79 Å². The zero-order valence-electron chi connectivity index (χ0n) is 13.6. The molecule has 0 spiro atoms.